The molecular weight excluding hydrogens is 368 g/mol. The zero-order valence-electron chi connectivity index (χ0n) is 12.8. The summed E-state index contributed by atoms with van der Waals surface area (Å²) >= 11 is 3.39. The molecule has 24 heavy (non-hydrogen) atoms. The molecule has 2 heterocycles. The quantitative estimate of drug-likeness (QED) is 0.537. The lowest BCUT2D eigenvalue weighted by atomic mass is 10.2. The number of rotatable bonds is 2. The number of nitrogens with zero attached hydrogens (tertiary/aromatic N) is 3. The first kappa shape index (κ1) is 14.8. The molecule has 0 atom stereocenters. The Morgan fingerprint density at radius 2 is 2.00 bits per heavy atom. The fourth-order valence-electron chi connectivity index (χ4n) is 2.62. The highest BCUT2D eigenvalue weighted by Gasteiger charge is 2.10. The Kier molecular flexibility index (Phi) is 3.54. The zero-order chi connectivity index (χ0) is 16.7. The third kappa shape index (κ3) is 2.55. The van der Waals surface area contributed by atoms with Crippen LogP contribution in [0.3, 0.4) is 0 Å². The topological polar surface area (TPSA) is 63.0 Å². The Balaban J connectivity index is 1.82. The number of hydrogen-bond acceptors (Lipinski definition) is 3. The minimum Gasteiger partial charge on any atom is -0.349 e. The number of H-pyrrole nitrogens is 1. The van der Waals surface area contributed by atoms with E-state index in [4.69, 9.17) is 0 Å². The maximum absolute atomic E-state index is 12.6. The molecule has 2 aromatic carbocycles. The molecular formula is C18H13BrN4O. The van der Waals surface area contributed by atoms with Crippen molar-refractivity contribution in [1.82, 2.24) is 14.6 Å². The van der Waals surface area contributed by atoms with E-state index in [1.807, 2.05) is 49.4 Å². The van der Waals surface area contributed by atoms with Gasteiger partial charge in [-0.3, -0.25) is 4.79 Å². The normalized spacial score (nSPS) is 11.8. The summed E-state index contributed by atoms with van der Waals surface area (Å²) in [5.74, 6) is 0. The van der Waals surface area contributed by atoms with Crippen molar-refractivity contribution in [2.45, 2.75) is 6.92 Å². The fraction of sp³-hybridized carbons (Fsp3) is 0.0556. The van der Waals surface area contributed by atoms with Crippen molar-refractivity contribution in [1.29, 1.82) is 0 Å². The molecule has 6 heteroatoms. The molecule has 4 rings (SSSR count). The average molecular weight is 381 g/mol. The number of fused-ring (bicyclic) bond motifs is 3. The summed E-state index contributed by atoms with van der Waals surface area (Å²) in [5, 5.41) is 5.18. The molecule has 0 saturated heterocycles. The largest absolute Gasteiger partial charge is 0.349 e. The first-order valence-electron chi connectivity index (χ1n) is 7.41. The molecule has 0 aliphatic heterocycles. The lowest BCUT2D eigenvalue weighted by Crippen LogP contribution is -2.17. The van der Waals surface area contributed by atoms with Gasteiger partial charge in [0.15, 0.2) is 0 Å². The maximum atomic E-state index is 12.6. The summed E-state index contributed by atoms with van der Waals surface area (Å²) in [6.07, 6.45) is 3.09. The lowest BCUT2D eigenvalue weighted by molar-refractivity contribution is 0.815. The van der Waals surface area contributed by atoms with Crippen LogP contribution in [-0.4, -0.2) is 20.9 Å². The zero-order valence-corrected chi connectivity index (χ0v) is 14.4. The van der Waals surface area contributed by atoms with Gasteiger partial charge in [0.25, 0.3) is 5.56 Å². The second-order valence-electron chi connectivity index (χ2n) is 5.59. The number of aromatic nitrogens is 3. The van der Waals surface area contributed by atoms with E-state index in [0.29, 0.717) is 11.0 Å². The van der Waals surface area contributed by atoms with Crippen molar-refractivity contribution in [3.63, 3.8) is 0 Å². The van der Waals surface area contributed by atoms with Gasteiger partial charge in [0.1, 0.15) is 17.4 Å². The lowest BCUT2D eigenvalue weighted by Gasteiger charge is -1.98. The minimum atomic E-state index is -0.220. The molecule has 0 radical (unpaired) electrons. The van der Waals surface area contributed by atoms with Gasteiger partial charge in [-0.05, 0) is 36.8 Å². The molecule has 2 aromatic heterocycles. The number of halogens is 1. The number of hydrogen-bond donors (Lipinski definition) is 1. The van der Waals surface area contributed by atoms with Gasteiger partial charge >= 0.3 is 0 Å². The summed E-state index contributed by atoms with van der Waals surface area (Å²) < 4.78 is 2.24. The summed E-state index contributed by atoms with van der Waals surface area (Å²) in [4.78, 5) is 20.2. The number of aromatic amines is 1. The van der Waals surface area contributed by atoms with E-state index in [0.717, 1.165) is 26.5 Å². The summed E-state index contributed by atoms with van der Waals surface area (Å²) in [6.45, 7) is 2.02. The van der Waals surface area contributed by atoms with Crippen molar-refractivity contribution in [3.8, 4) is 0 Å². The van der Waals surface area contributed by atoms with Gasteiger partial charge in [0, 0.05) is 15.4 Å². The molecule has 4 aromatic rings. The van der Waals surface area contributed by atoms with Crippen molar-refractivity contribution >= 4 is 44.1 Å². The predicted molar refractivity (Wildman–Crippen MR) is 99.7 cm³/mol. The molecule has 0 bridgehead atoms. The van der Waals surface area contributed by atoms with Crippen LogP contribution in [0.4, 0.5) is 0 Å². The molecule has 0 spiro atoms. The molecule has 0 unspecified atom stereocenters. The summed E-state index contributed by atoms with van der Waals surface area (Å²) in [5.41, 5.74) is 3.84. The van der Waals surface area contributed by atoms with E-state index < -0.39 is 0 Å². The Morgan fingerprint density at radius 1 is 1.21 bits per heavy atom. The van der Waals surface area contributed by atoms with Gasteiger partial charge in [-0.1, -0.05) is 39.7 Å². The molecule has 0 saturated carbocycles. The molecule has 1 N–H and O–H groups in total. The second kappa shape index (κ2) is 5.72. The van der Waals surface area contributed by atoms with Crippen LogP contribution in [0.15, 0.2) is 63.2 Å². The van der Waals surface area contributed by atoms with E-state index in [9.17, 15) is 4.79 Å². The highest BCUT2D eigenvalue weighted by atomic mass is 79.9. The van der Waals surface area contributed by atoms with Crippen LogP contribution in [0.1, 0.15) is 11.1 Å². The van der Waals surface area contributed by atoms with Crippen LogP contribution < -0.4 is 5.56 Å². The van der Waals surface area contributed by atoms with Gasteiger partial charge < -0.3 is 4.98 Å². The Bertz CT molecular complexity index is 1140. The van der Waals surface area contributed by atoms with Gasteiger partial charge in [-0.2, -0.15) is 9.78 Å². The van der Waals surface area contributed by atoms with Crippen LogP contribution in [-0.2, 0) is 0 Å². The number of benzene rings is 2. The first-order chi connectivity index (χ1) is 11.6. The van der Waals surface area contributed by atoms with E-state index in [2.05, 4.69) is 31.0 Å². The molecule has 0 aliphatic rings. The monoisotopic (exact) mass is 380 g/mol. The van der Waals surface area contributed by atoms with Gasteiger partial charge in [0.05, 0.1) is 6.21 Å². The SMILES string of the molecule is Cc1ccc2[nH]c3c(=O)n(/N=C/c4ccc(Br)cc4)cnc3c2c1. The van der Waals surface area contributed by atoms with Gasteiger partial charge in [-0.25, -0.2) is 4.98 Å². The van der Waals surface area contributed by atoms with Crippen LogP contribution in [0.2, 0.25) is 0 Å². The maximum Gasteiger partial charge on any atom is 0.298 e. The predicted octanol–water partition coefficient (Wildman–Crippen LogP) is 3.83. The minimum absolute atomic E-state index is 0.220. The van der Waals surface area contributed by atoms with Crippen molar-refractivity contribution < 1.29 is 0 Å². The Hall–Kier alpha value is -2.73. The summed E-state index contributed by atoms with van der Waals surface area (Å²) in [6, 6.07) is 13.7. The van der Waals surface area contributed by atoms with E-state index in [1.54, 1.807) is 6.21 Å². The van der Waals surface area contributed by atoms with Crippen molar-refractivity contribution in [3.05, 3.63) is 74.7 Å². The third-order valence-corrected chi connectivity index (χ3v) is 4.37. The second-order valence-corrected chi connectivity index (χ2v) is 6.50. The summed E-state index contributed by atoms with van der Waals surface area (Å²) in [7, 11) is 0. The number of aryl methyl sites for hydroxylation is 1. The van der Waals surface area contributed by atoms with Crippen LogP contribution in [0, 0.1) is 6.92 Å². The average Bonchev–Trinajstić information content (AvgIpc) is 2.95. The fourth-order valence-corrected chi connectivity index (χ4v) is 2.88. The van der Waals surface area contributed by atoms with Crippen LogP contribution >= 0.6 is 15.9 Å². The smallest absolute Gasteiger partial charge is 0.298 e. The van der Waals surface area contributed by atoms with Crippen molar-refractivity contribution in [2.24, 2.45) is 5.10 Å². The first-order valence-corrected chi connectivity index (χ1v) is 8.21. The Labute approximate surface area is 145 Å². The van der Waals surface area contributed by atoms with E-state index in [-0.39, 0.29) is 5.56 Å². The van der Waals surface area contributed by atoms with Crippen LogP contribution in [0.25, 0.3) is 21.9 Å². The molecule has 5 nitrogen and oxygen atoms in total. The molecule has 0 amide bonds. The Morgan fingerprint density at radius 3 is 2.79 bits per heavy atom. The standard InChI is InChI=1S/C18H13BrN4O/c1-11-2-7-15-14(8-11)16-17(22-15)18(24)23(10-20-16)21-9-12-3-5-13(19)6-4-12/h2-10,22H,1H3/b21-9+. The molecule has 0 fully saturated rings. The molecule has 118 valence electrons. The van der Waals surface area contributed by atoms with Gasteiger partial charge in [0.2, 0.25) is 0 Å². The van der Waals surface area contributed by atoms with Crippen LogP contribution in [0.5, 0.6) is 0 Å². The number of nitrogens with one attached hydrogen (secondary N) is 1. The highest BCUT2D eigenvalue weighted by Crippen LogP contribution is 2.22. The molecule has 0 aliphatic carbocycles. The highest BCUT2D eigenvalue weighted by molar-refractivity contribution is 9.10. The third-order valence-electron chi connectivity index (χ3n) is 3.85. The van der Waals surface area contributed by atoms with Gasteiger partial charge in [-0.15, -0.1) is 0 Å². The van der Waals surface area contributed by atoms with E-state index >= 15 is 0 Å². The van der Waals surface area contributed by atoms with E-state index in [1.165, 1.54) is 11.0 Å². The van der Waals surface area contributed by atoms with Crippen molar-refractivity contribution in [2.75, 3.05) is 0 Å².